The van der Waals surface area contributed by atoms with Crippen LogP contribution in [0.15, 0.2) is 60.7 Å². The lowest BCUT2D eigenvalue weighted by molar-refractivity contribution is 0.152. The van der Waals surface area contributed by atoms with E-state index in [4.69, 9.17) is 4.98 Å². The van der Waals surface area contributed by atoms with E-state index in [1.54, 1.807) is 0 Å². The Labute approximate surface area is 130 Å². The molecule has 0 radical (unpaired) electrons. The van der Waals surface area contributed by atoms with E-state index in [1.165, 1.54) is 0 Å². The number of aromatic nitrogens is 1. The molecule has 2 heteroatoms. The van der Waals surface area contributed by atoms with Crippen LogP contribution in [0.2, 0.25) is 0 Å². The molecule has 0 spiro atoms. The first kappa shape index (κ1) is 14.7. The first-order chi connectivity index (χ1) is 10.7. The van der Waals surface area contributed by atoms with E-state index >= 15 is 4.39 Å². The number of rotatable bonds is 4. The molecule has 0 aliphatic heterocycles. The van der Waals surface area contributed by atoms with Gasteiger partial charge in [-0.05, 0) is 30.5 Å². The molecule has 1 nitrogen and oxygen atoms in total. The van der Waals surface area contributed by atoms with Gasteiger partial charge in [0.1, 0.15) is 5.67 Å². The van der Waals surface area contributed by atoms with Crippen molar-refractivity contribution in [1.29, 1.82) is 0 Å². The number of halogens is 1. The molecule has 0 unspecified atom stereocenters. The third-order valence-electron chi connectivity index (χ3n) is 4.40. The molecule has 0 aliphatic rings. The molecule has 0 atom stereocenters. The van der Waals surface area contributed by atoms with Crippen LogP contribution in [0.1, 0.15) is 32.3 Å². The van der Waals surface area contributed by atoms with Crippen molar-refractivity contribution in [2.75, 3.05) is 0 Å². The van der Waals surface area contributed by atoms with E-state index in [0.29, 0.717) is 12.8 Å². The lowest BCUT2D eigenvalue weighted by Crippen LogP contribution is -2.18. The van der Waals surface area contributed by atoms with Gasteiger partial charge in [0, 0.05) is 10.9 Å². The maximum Gasteiger partial charge on any atom is 0.136 e. The first-order valence-corrected chi connectivity index (χ1v) is 7.82. The summed E-state index contributed by atoms with van der Waals surface area (Å²) >= 11 is 0. The van der Waals surface area contributed by atoms with Crippen molar-refractivity contribution in [3.8, 4) is 11.3 Å². The molecule has 112 valence electrons. The normalized spacial score (nSPS) is 11.8. The Morgan fingerprint density at radius 3 is 2.32 bits per heavy atom. The fraction of sp³-hybridized carbons (Fsp3) is 0.250. The summed E-state index contributed by atoms with van der Waals surface area (Å²) in [7, 11) is 0. The Morgan fingerprint density at radius 2 is 1.55 bits per heavy atom. The average molecular weight is 293 g/mol. The standard InChI is InChI=1S/C20H20FN/c1-3-20(21,4-2)17-11-7-6-10-16(17)19-14-13-15-9-5-8-12-18(15)22-19/h5-14H,3-4H2,1-2H3. The van der Waals surface area contributed by atoms with E-state index < -0.39 is 5.67 Å². The zero-order chi connectivity index (χ0) is 15.6. The van der Waals surface area contributed by atoms with E-state index in [2.05, 4.69) is 0 Å². The van der Waals surface area contributed by atoms with Crippen LogP contribution < -0.4 is 0 Å². The van der Waals surface area contributed by atoms with Gasteiger partial charge in [0.2, 0.25) is 0 Å². The number of nitrogens with zero attached hydrogens (tertiary/aromatic N) is 1. The molecule has 0 fully saturated rings. The van der Waals surface area contributed by atoms with Crippen LogP contribution in [0.5, 0.6) is 0 Å². The van der Waals surface area contributed by atoms with Gasteiger partial charge in [-0.15, -0.1) is 0 Å². The van der Waals surface area contributed by atoms with Crippen molar-refractivity contribution < 1.29 is 4.39 Å². The number of hydrogen-bond acceptors (Lipinski definition) is 1. The Balaban J connectivity index is 2.18. The highest BCUT2D eigenvalue weighted by atomic mass is 19.1. The molecule has 0 amide bonds. The summed E-state index contributed by atoms with van der Waals surface area (Å²) in [6, 6.07) is 19.7. The summed E-state index contributed by atoms with van der Waals surface area (Å²) in [5.41, 5.74) is 2.09. The minimum absolute atomic E-state index is 0.466. The minimum Gasteiger partial charge on any atom is -0.248 e. The molecule has 3 aromatic rings. The molecule has 0 N–H and O–H groups in total. The second kappa shape index (κ2) is 5.88. The zero-order valence-electron chi connectivity index (χ0n) is 13.0. The van der Waals surface area contributed by atoms with Crippen molar-refractivity contribution >= 4 is 10.9 Å². The van der Waals surface area contributed by atoms with Crippen molar-refractivity contribution in [2.45, 2.75) is 32.4 Å². The Morgan fingerprint density at radius 1 is 0.864 bits per heavy atom. The van der Waals surface area contributed by atoms with Crippen LogP contribution in [0.4, 0.5) is 4.39 Å². The van der Waals surface area contributed by atoms with Gasteiger partial charge in [0.05, 0.1) is 11.2 Å². The van der Waals surface area contributed by atoms with E-state index in [0.717, 1.165) is 27.7 Å². The van der Waals surface area contributed by atoms with Crippen molar-refractivity contribution in [1.82, 2.24) is 4.98 Å². The summed E-state index contributed by atoms with van der Waals surface area (Å²) in [4.78, 5) is 4.72. The van der Waals surface area contributed by atoms with E-state index in [-0.39, 0.29) is 0 Å². The molecule has 0 saturated heterocycles. The molecule has 22 heavy (non-hydrogen) atoms. The van der Waals surface area contributed by atoms with Crippen LogP contribution in [-0.4, -0.2) is 4.98 Å². The quantitative estimate of drug-likeness (QED) is 0.584. The summed E-state index contributed by atoms with van der Waals surface area (Å²) in [5.74, 6) is 0. The fourth-order valence-electron chi connectivity index (χ4n) is 2.94. The summed E-state index contributed by atoms with van der Waals surface area (Å²) in [6.07, 6.45) is 0.933. The number of hydrogen-bond donors (Lipinski definition) is 0. The molecule has 0 aliphatic carbocycles. The molecule has 0 saturated carbocycles. The second-order valence-electron chi connectivity index (χ2n) is 5.61. The largest absolute Gasteiger partial charge is 0.248 e. The van der Waals surface area contributed by atoms with Crippen LogP contribution in [0.3, 0.4) is 0 Å². The highest BCUT2D eigenvalue weighted by Crippen LogP contribution is 2.39. The lowest BCUT2D eigenvalue weighted by Gasteiger charge is -2.25. The van der Waals surface area contributed by atoms with Crippen molar-refractivity contribution in [3.63, 3.8) is 0 Å². The number of pyridine rings is 1. The van der Waals surface area contributed by atoms with E-state index in [1.807, 2.05) is 74.5 Å². The summed E-state index contributed by atoms with van der Waals surface area (Å²) < 4.78 is 15.2. The van der Waals surface area contributed by atoms with Crippen LogP contribution >= 0.6 is 0 Å². The van der Waals surface area contributed by atoms with Gasteiger partial charge in [-0.1, -0.05) is 62.4 Å². The Hall–Kier alpha value is -2.22. The number of para-hydroxylation sites is 1. The van der Waals surface area contributed by atoms with E-state index in [9.17, 15) is 0 Å². The molecular weight excluding hydrogens is 273 g/mol. The van der Waals surface area contributed by atoms with Gasteiger partial charge in [0.25, 0.3) is 0 Å². The molecule has 0 bridgehead atoms. The highest BCUT2D eigenvalue weighted by molar-refractivity contribution is 5.82. The van der Waals surface area contributed by atoms with Crippen LogP contribution in [-0.2, 0) is 5.67 Å². The maximum absolute atomic E-state index is 15.2. The predicted octanol–water partition coefficient (Wildman–Crippen LogP) is 5.89. The molecule has 3 rings (SSSR count). The highest BCUT2D eigenvalue weighted by Gasteiger charge is 2.30. The molecule has 1 aromatic heterocycles. The van der Waals surface area contributed by atoms with Gasteiger partial charge in [0.15, 0.2) is 0 Å². The average Bonchev–Trinajstić information content (AvgIpc) is 2.60. The van der Waals surface area contributed by atoms with Crippen molar-refractivity contribution in [2.24, 2.45) is 0 Å². The third kappa shape index (κ3) is 2.50. The molecular formula is C20H20FN. The third-order valence-corrected chi connectivity index (χ3v) is 4.40. The fourth-order valence-corrected chi connectivity index (χ4v) is 2.94. The monoisotopic (exact) mass is 293 g/mol. The zero-order valence-corrected chi connectivity index (χ0v) is 13.0. The minimum atomic E-state index is -1.30. The van der Waals surface area contributed by atoms with Gasteiger partial charge in [-0.25, -0.2) is 9.37 Å². The SMILES string of the molecule is CCC(F)(CC)c1ccccc1-c1ccc2ccccc2n1. The first-order valence-electron chi connectivity index (χ1n) is 7.82. The van der Waals surface area contributed by atoms with Gasteiger partial charge in [-0.2, -0.15) is 0 Å². The predicted molar refractivity (Wildman–Crippen MR) is 90.5 cm³/mol. The number of fused-ring (bicyclic) bond motifs is 1. The summed E-state index contributed by atoms with van der Waals surface area (Å²) in [5, 5.41) is 1.10. The summed E-state index contributed by atoms with van der Waals surface area (Å²) in [6.45, 7) is 3.79. The van der Waals surface area contributed by atoms with Gasteiger partial charge < -0.3 is 0 Å². The smallest absolute Gasteiger partial charge is 0.136 e. The topological polar surface area (TPSA) is 12.9 Å². The Bertz CT molecular complexity index is 790. The van der Waals surface area contributed by atoms with Crippen molar-refractivity contribution in [3.05, 3.63) is 66.2 Å². The number of benzene rings is 2. The number of alkyl halides is 1. The lowest BCUT2D eigenvalue weighted by atomic mass is 9.86. The second-order valence-corrected chi connectivity index (χ2v) is 5.61. The molecule has 2 aromatic carbocycles. The maximum atomic E-state index is 15.2. The van der Waals surface area contributed by atoms with Crippen LogP contribution in [0, 0.1) is 0 Å². The molecule has 1 heterocycles. The van der Waals surface area contributed by atoms with Gasteiger partial charge in [-0.3, -0.25) is 0 Å². The van der Waals surface area contributed by atoms with Gasteiger partial charge >= 0.3 is 0 Å². The Kier molecular flexibility index (Phi) is 3.93. The van der Waals surface area contributed by atoms with Crippen LogP contribution in [0.25, 0.3) is 22.2 Å².